The Morgan fingerprint density at radius 1 is 1.03 bits per heavy atom. The molecule has 0 fully saturated rings. The Labute approximate surface area is 180 Å². The number of rotatable bonds is 6. The number of tetrazole rings is 1. The Hall–Kier alpha value is -3.74. The molecule has 0 amide bonds. The van der Waals surface area contributed by atoms with Crippen LogP contribution in [0.1, 0.15) is 30.3 Å². The van der Waals surface area contributed by atoms with Crippen LogP contribution in [0.5, 0.6) is 5.75 Å². The van der Waals surface area contributed by atoms with Gasteiger partial charge in [-0.3, -0.25) is 4.98 Å². The minimum atomic E-state index is 0.446. The third-order valence-electron chi connectivity index (χ3n) is 5.51. The van der Waals surface area contributed by atoms with Crippen LogP contribution in [0.25, 0.3) is 22.5 Å². The highest BCUT2D eigenvalue weighted by molar-refractivity contribution is 5.80. The number of benzene rings is 2. The number of ether oxygens (including phenoxy) is 1. The molecule has 3 heterocycles. The van der Waals surface area contributed by atoms with Crippen molar-refractivity contribution in [2.45, 2.75) is 32.8 Å². The maximum Gasteiger partial charge on any atom is 0.205 e. The first-order valence-electron chi connectivity index (χ1n) is 10.6. The molecule has 2 aromatic carbocycles. The van der Waals surface area contributed by atoms with Gasteiger partial charge in [0.1, 0.15) is 12.4 Å². The molecule has 1 aliphatic heterocycles. The number of hydrogen-bond donors (Lipinski definition) is 2. The lowest BCUT2D eigenvalue weighted by Gasteiger charge is -2.21. The van der Waals surface area contributed by atoms with Crippen molar-refractivity contribution in [1.29, 1.82) is 0 Å². The van der Waals surface area contributed by atoms with E-state index in [4.69, 9.17) is 9.72 Å². The molecule has 7 nitrogen and oxygen atoms in total. The molecule has 2 aromatic heterocycles. The second-order valence-electron chi connectivity index (χ2n) is 7.59. The van der Waals surface area contributed by atoms with E-state index in [9.17, 15) is 0 Å². The maximum absolute atomic E-state index is 6.28. The van der Waals surface area contributed by atoms with Crippen molar-refractivity contribution < 1.29 is 4.74 Å². The van der Waals surface area contributed by atoms with Gasteiger partial charge >= 0.3 is 0 Å². The van der Waals surface area contributed by atoms with Gasteiger partial charge in [-0.2, -0.15) is 5.21 Å². The smallest absolute Gasteiger partial charge is 0.205 e. The quantitative estimate of drug-likeness (QED) is 0.487. The zero-order chi connectivity index (χ0) is 21.0. The van der Waals surface area contributed by atoms with E-state index in [1.165, 1.54) is 0 Å². The summed E-state index contributed by atoms with van der Waals surface area (Å²) < 4.78 is 6.28. The average molecular weight is 412 g/mol. The van der Waals surface area contributed by atoms with Crippen molar-refractivity contribution in [1.82, 2.24) is 25.6 Å². The number of pyridine rings is 1. The Morgan fingerprint density at radius 2 is 1.94 bits per heavy atom. The lowest BCUT2D eigenvalue weighted by molar-refractivity contribution is 0.306. The molecule has 0 bridgehead atoms. The summed E-state index contributed by atoms with van der Waals surface area (Å²) in [6.45, 7) is 3.51. The molecule has 4 aromatic rings. The topological polar surface area (TPSA) is 88.6 Å². The van der Waals surface area contributed by atoms with Crippen LogP contribution in [0.2, 0.25) is 0 Å². The Kier molecular flexibility index (Phi) is 5.31. The highest BCUT2D eigenvalue weighted by atomic mass is 16.5. The van der Waals surface area contributed by atoms with Gasteiger partial charge in [-0.15, -0.1) is 10.2 Å². The van der Waals surface area contributed by atoms with Gasteiger partial charge in [0, 0.05) is 23.9 Å². The van der Waals surface area contributed by atoms with E-state index in [-0.39, 0.29) is 0 Å². The molecule has 0 saturated heterocycles. The van der Waals surface area contributed by atoms with Gasteiger partial charge < -0.3 is 10.1 Å². The van der Waals surface area contributed by atoms with E-state index >= 15 is 0 Å². The van der Waals surface area contributed by atoms with E-state index in [2.05, 4.69) is 69.3 Å². The minimum Gasteiger partial charge on any atom is -0.487 e. The molecule has 156 valence electrons. The van der Waals surface area contributed by atoms with Crippen molar-refractivity contribution in [3.05, 3.63) is 71.5 Å². The summed E-state index contributed by atoms with van der Waals surface area (Å²) in [5.41, 5.74) is 7.32. The Balaban J connectivity index is 1.46. The van der Waals surface area contributed by atoms with Crippen molar-refractivity contribution in [2.75, 3.05) is 11.9 Å². The zero-order valence-electron chi connectivity index (χ0n) is 17.4. The number of H-pyrrole nitrogens is 1. The highest BCUT2D eigenvalue weighted by Gasteiger charge is 2.18. The van der Waals surface area contributed by atoms with Crippen LogP contribution in [-0.2, 0) is 19.4 Å². The van der Waals surface area contributed by atoms with Gasteiger partial charge in [-0.25, -0.2) is 0 Å². The van der Waals surface area contributed by atoms with Crippen LogP contribution in [0.15, 0.2) is 54.6 Å². The predicted octanol–water partition coefficient (Wildman–Crippen LogP) is 4.43. The monoisotopic (exact) mass is 412 g/mol. The molecule has 1 aliphatic rings. The van der Waals surface area contributed by atoms with E-state index in [0.717, 1.165) is 70.9 Å². The molecule has 2 N–H and O–H groups in total. The predicted molar refractivity (Wildman–Crippen MR) is 120 cm³/mol. The number of fused-ring (bicyclic) bond motifs is 1. The van der Waals surface area contributed by atoms with E-state index < -0.39 is 0 Å². The Morgan fingerprint density at radius 3 is 2.74 bits per heavy atom. The van der Waals surface area contributed by atoms with Crippen molar-refractivity contribution >= 4 is 5.69 Å². The van der Waals surface area contributed by atoms with Gasteiger partial charge in [0.15, 0.2) is 0 Å². The number of aromatic nitrogens is 5. The number of aromatic amines is 1. The lowest BCUT2D eigenvalue weighted by atomic mass is 9.97. The Bertz CT molecular complexity index is 1170. The number of aryl methyl sites for hydroxylation is 2. The fraction of sp³-hybridized carbons (Fsp3) is 0.250. The van der Waals surface area contributed by atoms with Gasteiger partial charge in [0.25, 0.3) is 0 Å². The maximum atomic E-state index is 6.28. The molecule has 0 saturated carbocycles. The fourth-order valence-electron chi connectivity index (χ4n) is 3.93. The summed E-state index contributed by atoms with van der Waals surface area (Å²) in [5, 5.41) is 18.2. The third-order valence-corrected chi connectivity index (χ3v) is 5.51. The molecule has 0 aliphatic carbocycles. The molecule has 31 heavy (non-hydrogen) atoms. The number of anilines is 1. The van der Waals surface area contributed by atoms with Gasteiger partial charge in [-0.05, 0) is 47.2 Å². The largest absolute Gasteiger partial charge is 0.487 e. The molecular weight excluding hydrogens is 388 g/mol. The van der Waals surface area contributed by atoms with Gasteiger partial charge in [0.05, 0.1) is 11.4 Å². The first-order valence-corrected chi connectivity index (χ1v) is 10.6. The SMILES string of the molecule is CCc1cc(OCc2ccc(-c3ccccc3)c(-c3nn[nH]n3)c2)c2c(n1)CCCN2. The molecule has 7 heteroatoms. The summed E-state index contributed by atoms with van der Waals surface area (Å²) in [6, 6.07) is 18.5. The first kappa shape index (κ1) is 19.2. The van der Waals surface area contributed by atoms with E-state index in [1.807, 2.05) is 18.2 Å². The lowest BCUT2D eigenvalue weighted by Crippen LogP contribution is -2.15. The number of hydrogen-bond acceptors (Lipinski definition) is 6. The van der Waals surface area contributed by atoms with E-state index in [1.54, 1.807) is 0 Å². The molecule has 0 unspecified atom stereocenters. The third kappa shape index (κ3) is 3.99. The molecule has 0 spiro atoms. The van der Waals surface area contributed by atoms with Crippen LogP contribution in [0, 0.1) is 0 Å². The molecule has 5 rings (SSSR count). The van der Waals surface area contributed by atoms with Gasteiger partial charge in [-0.1, -0.05) is 49.4 Å². The first-order chi connectivity index (χ1) is 15.3. The number of nitrogens with one attached hydrogen (secondary N) is 2. The molecule has 0 atom stereocenters. The molecule has 0 radical (unpaired) electrons. The summed E-state index contributed by atoms with van der Waals surface area (Å²) >= 11 is 0. The average Bonchev–Trinajstić information content (AvgIpc) is 3.37. The summed E-state index contributed by atoms with van der Waals surface area (Å²) in [5.74, 6) is 1.44. The highest BCUT2D eigenvalue weighted by Crippen LogP contribution is 2.34. The number of nitrogens with zero attached hydrogens (tertiary/aromatic N) is 4. The zero-order valence-corrected chi connectivity index (χ0v) is 17.4. The standard InChI is InChI=1S/C24H24N6O/c1-2-18-14-22(23-21(26-18)9-6-12-25-23)31-15-16-10-11-19(17-7-4-3-5-8-17)20(13-16)24-27-29-30-28-24/h3-5,7-8,10-11,13-14,25H,2,6,9,12,15H2,1H3,(H,27,28,29,30). The van der Waals surface area contributed by atoms with Gasteiger partial charge in [0.2, 0.25) is 5.82 Å². The normalized spacial score (nSPS) is 12.8. The van der Waals surface area contributed by atoms with Crippen molar-refractivity contribution in [2.24, 2.45) is 0 Å². The second-order valence-corrected chi connectivity index (χ2v) is 7.59. The van der Waals surface area contributed by atoms with Crippen molar-refractivity contribution in [3.8, 4) is 28.3 Å². The van der Waals surface area contributed by atoms with Crippen LogP contribution in [0.3, 0.4) is 0 Å². The second kappa shape index (κ2) is 8.55. The summed E-state index contributed by atoms with van der Waals surface area (Å²) in [4.78, 5) is 4.77. The summed E-state index contributed by atoms with van der Waals surface area (Å²) in [6.07, 6.45) is 2.97. The van der Waals surface area contributed by atoms with E-state index in [0.29, 0.717) is 12.4 Å². The fourth-order valence-corrected chi connectivity index (χ4v) is 3.93. The van der Waals surface area contributed by atoms with Crippen LogP contribution < -0.4 is 10.1 Å². The minimum absolute atomic E-state index is 0.446. The van der Waals surface area contributed by atoms with Crippen LogP contribution in [-0.4, -0.2) is 32.2 Å². The van der Waals surface area contributed by atoms with Crippen molar-refractivity contribution in [3.63, 3.8) is 0 Å². The molecular formula is C24H24N6O. The van der Waals surface area contributed by atoms with Crippen LogP contribution in [0.4, 0.5) is 5.69 Å². The summed E-state index contributed by atoms with van der Waals surface area (Å²) in [7, 11) is 0. The van der Waals surface area contributed by atoms with Crippen LogP contribution >= 0.6 is 0 Å².